The van der Waals surface area contributed by atoms with E-state index in [0.29, 0.717) is 11.6 Å². The van der Waals surface area contributed by atoms with E-state index in [-0.39, 0.29) is 0 Å². The monoisotopic (exact) mass is 234 g/mol. The fourth-order valence-electron chi connectivity index (χ4n) is 2.44. The summed E-state index contributed by atoms with van der Waals surface area (Å²) in [6.45, 7) is 3.15. The summed E-state index contributed by atoms with van der Waals surface area (Å²) in [5, 5.41) is 8.98. The van der Waals surface area contributed by atoms with Gasteiger partial charge in [0.25, 0.3) is 0 Å². The summed E-state index contributed by atoms with van der Waals surface area (Å²) in [5.74, 6) is -0.0878. The molecule has 17 heavy (non-hydrogen) atoms. The Hall–Kier alpha value is -1.58. The Morgan fingerprint density at radius 1 is 1.59 bits per heavy atom. The normalized spacial score (nSPS) is 20.3. The van der Waals surface area contributed by atoms with Crippen molar-refractivity contribution in [1.29, 1.82) is 0 Å². The maximum atomic E-state index is 10.9. The van der Waals surface area contributed by atoms with E-state index in [2.05, 4.69) is 16.8 Å². The molecule has 1 N–H and O–H groups in total. The second-order valence-corrected chi connectivity index (χ2v) is 4.46. The lowest BCUT2D eigenvalue weighted by molar-refractivity contribution is 0.0696. The van der Waals surface area contributed by atoms with Crippen molar-refractivity contribution < 1.29 is 9.90 Å². The summed E-state index contributed by atoms with van der Waals surface area (Å²) >= 11 is 0. The number of carboxylic acids is 1. The summed E-state index contributed by atoms with van der Waals surface area (Å²) in [6.07, 6.45) is 6.26. The van der Waals surface area contributed by atoms with Gasteiger partial charge in [0.2, 0.25) is 0 Å². The number of rotatable bonds is 3. The predicted octanol–water partition coefficient (Wildman–Crippen LogP) is 2.55. The highest BCUT2D eigenvalue weighted by Gasteiger charge is 2.22. The average molecular weight is 234 g/mol. The van der Waals surface area contributed by atoms with Crippen LogP contribution in [0.25, 0.3) is 0 Å². The highest BCUT2D eigenvalue weighted by molar-refractivity contribution is 5.88. The molecule has 1 aromatic rings. The molecule has 0 aromatic carbocycles. The smallest absolute Gasteiger partial charge is 0.335 e. The van der Waals surface area contributed by atoms with Gasteiger partial charge in [0.05, 0.1) is 5.56 Å². The van der Waals surface area contributed by atoms with Crippen molar-refractivity contribution >= 4 is 11.8 Å². The minimum Gasteiger partial charge on any atom is -0.478 e. The van der Waals surface area contributed by atoms with Gasteiger partial charge in [-0.15, -0.1) is 0 Å². The van der Waals surface area contributed by atoms with Crippen LogP contribution in [0, 0.1) is 0 Å². The molecule has 1 aliphatic rings. The van der Waals surface area contributed by atoms with Gasteiger partial charge in [0, 0.05) is 18.8 Å². The molecule has 1 aromatic heterocycles. The van der Waals surface area contributed by atoms with Crippen molar-refractivity contribution in [2.45, 2.75) is 38.6 Å². The molecule has 4 heteroatoms. The van der Waals surface area contributed by atoms with Crippen LogP contribution in [0.5, 0.6) is 0 Å². The topological polar surface area (TPSA) is 53.4 Å². The van der Waals surface area contributed by atoms with Crippen LogP contribution < -0.4 is 4.90 Å². The van der Waals surface area contributed by atoms with Crippen LogP contribution in [0.2, 0.25) is 0 Å². The summed E-state index contributed by atoms with van der Waals surface area (Å²) < 4.78 is 0. The predicted molar refractivity (Wildman–Crippen MR) is 66.5 cm³/mol. The number of nitrogens with zero attached hydrogens (tertiary/aromatic N) is 2. The van der Waals surface area contributed by atoms with Gasteiger partial charge in [0.15, 0.2) is 0 Å². The zero-order valence-electron chi connectivity index (χ0n) is 10.1. The number of carbonyl (C=O) groups is 1. The number of aromatic carboxylic acids is 1. The van der Waals surface area contributed by atoms with Crippen molar-refractivity contribution in [2.24, 2.45) is 0 Å². The van der Waals surface area contributed by atoms with Gasteiger partial charge in [-0.1, -0.05) is 6.92 Å². The number of hydrogen-bond donors (Lipinski definition) is 1. The van der Waals surface area contributed by atoms with E-state index < -0.39 is 5.97 Å². The second kappa shape index (κ2) is 5.17. The van der Waals surface area contributed by atoms with Crippen LogP contribution in [0.15, 0.2) is 18.3 Å². The molecule has 0 bridgehead atoms. The number of anilines is 1. The Bertz CT molecular complexity index is 406. The molecule has 2 heterocycles. The molecule has 0 spiro atoms. The highest BCUT2D eigenvalue weighted by Crippen LogP contribution is 2.25. The average Bonchev–Trinajstić information content (AvgIpc) is 2.39. The highest BCUT2D eigenvalue weighted by atomic mass is 16.4. The van der Waals surface area contributed by atoms with Gasteiger partial charge in [-0.25, -0.2) is 9.78 Å². The molecule has 0 unspecified atom stereocenters. The zero-order valence-corrected chi connectivity index (χ0v) is 10.1. The standard InChI is InChI=1S/C13H18N2O2/c1-2-11-5-3-4-8-15(11)12-9-10(13(16)17)6-7-14-12/h6-7,9,11H,2-5,8H2,1H3,(H,16,17)/t11-/m1/s1. The maximum absolute atomic E-state index is 10.9. The Morgan fingerprint density at radius 3 is 3.12 bits per heavy atom. The minimum atomic E-state index is -0.890. The third kappa shape index (κ3) is 2.57. The minimum absolute atomic E-state index is 0.315. The number of aromatic nitrogens is 1. The van der Waals surface area contributed by atoms with Crippen molar-refractivity contribution in [1.82, 2.24) is 4.98 Å². The first-order valence-corrected chi connectivity index (χ1v) is 6.18. The van der Waals surface area contributed by atoms with Gasteiger partial charge < -0.3 is 10.0 Å². The third-order valence-electron chi connectivity index (χ3n) is 3.39. The Balaban J connectivity index is 2.25. The van der Waals surface area contributed by atoms with Crippen LogP contribution in [0.1, 0.15) is 43.0 Å². The maximum Gasteiger partial charge on any atom is 0.335 e. The summed E-state index contributed by atoms with van der Waals surface area (Å²) in [7, 11) is 0. The summed E-state index contributed by atoms with van der Waals surface area (Å²) in [4.78, 5) is 17.5. The van der Waals surface area contributed by atoms with Crippen LogP contribution in [0.3, 0.4) is 0 Å². The summed E-state index contributed by atoms with van der Waals surface area (Å²) in [5.41, 5.74) is 0.315. The van der Waals surface area contributed by atoms with Crippen molar-refractivity contribution in [3.05, 3.63) is 23.9 Å². The van der Waals surface area contributed by atoms with E-state index in [9.17, 15) is 4.79 Å². The van der Waals surface area contributed by atoms with Crippen molar-refractivity contribution in [3.8, 4) is 0 Å². The lowest BCUT2D eigenvalue weighted by atomic mass is 10.00. The molecule has 1 fully saturated rings. The van der Waals surface area contributed by atoms with Crippen molar-refractivity contribution in [2.75, 3.05) is 11.4 Å². The first-order valence-electron chi connectivity index (χ1n) is 6.18. The number of carboxylic acid groups (broad SMARTS) is 1. The van der Waals surface area contributed by atoms with E-state index in [4.69, 9.17) is 5.11 Å². The first-order chi connectivity index (χ1) is 8.22. The fraction of sp³-hybridized carbons (Fsp3) is 0.538. The van der Waals surface area contributed by atoms with E-state index >= 15 is 0 Å². The Labute approximate surface area is 101 Å². The number of piperidine rings is 1. The van der Waals surface area contributed by atoms with Crippen LogP contribution in [0.4, 0.5) is 5.82 Å². The van der Waals surface area contributed by atoms with Crippen LogP contribution in [-0.4, -0.2) is 28.6 Å². The van der Waals surface area contributed by atoms with E-state index in [1.807, 2.05) is 0 Å². The van der Waals surface area contributed by atoms with Crippen LogP contribution in [-0.2, 0) is 0 Å². The Kier molecular flexibility index (Phi) is 3.61. The lowest BCUT2D eigenvalue weighted by Crippen LogP contribution is -2.39. The number of pyridine rings is 1. The Morgan fingerprint density at radius 2 is 2.41 bits per heavy atom. The largest absolute Gasteiger partial charge is 0.478 e. The van der Waals surface area contributed by atoms with E-state index in [1.165, 1.54) is 18.9 Å². The molecule has 4 nitrogen and oxygen atoms in total. The van der Waals surface area contributed by atoms with Gasteiger partial charge in [-0.05, 0) is 37.8 Å². The zero-order chi connectivity index (χ0) is 12.3. The summed E-state index contributed by atoms with van der Waals surface area (Å²) in [6, 6.07) is 3.72. The quantitative estimate of drug-likeness (QED) is 0.873. The molecular weight excluding hydrogens is 216 g/mol. The SMILES string of the molecule is CC[C@@H]1CCCCN1c1cc(C(=O)O)ccn1. The molecule has 0 amide bonds. The molecule has 1 aliphatic heterocycles. The van der Waals surface area contributed by atoms with E-state index in [1.54, 1.807) is 12.3 Å². The van der Waals surface area contributed by atoms with Crippen molar-refractivity contribution in [3.63, 3.8) is 0 Å². The van der Waals surface area contributed by atoms with Gasteiger partial charge in [-0.3, -0.25) is 0 Å². The molecular formula is C13H18N2O2. The molecule has 0 aliphatic carbocycles. The second-order valence-electron chi connectivity index (χ2n) is 4.46. The van der Waals surface area contributed by atoms with Gasteiger partial charge in [-0.2, -0.15) is 0 Å². The first kappa shape index (κ1) is 11.9. The molecule has 92 valence electrons. The van der Waals surface area contributed by atoms with Gasteiger partial charge in [0.1, 0.15) is 5.82 Å². The molecule has 2 rings (SSSR count). The number of hydrogen-bond acceptors (Lipinski definition) is 3. The molecule has 0 radical (unpaired) electrons. The third-order valence-corrected chi connectivity index (χ3v) is 3.39. The fourth-order valence-corrected chi connectivity index (χ4v) is 2.44. The van der Waals surface area contributed by atoms with Crippen LogP contribution >= 0.6 is 0 Å². The van der Waals surface area contributed by atoms with E-state index in [0.717, 1.165) is 25.2 Å². The lowest BCUT2D eigenvalue weighted by Gasteiger charge is -2.36. The molecule has 1 saturated heterocycles. The molecule has 0 saturated carbocycles. The van der Waals surface area contributed by atoms with Gasteiger partial charge >= 0.3 is 5.97 Å². The molecule has 1 atom stereocenters.